The number of hydrogen-bond donors (Lipinski definition) is 3. The molecule has 3 unspecified atom stereocenters. The van der Waals surface area contributed by atoms with Gasteiger partial charge in [0.25, 0.3) is 0 Å². The van der Waals surface area contributed by atoms with E-state index < -0.39 is 0 Å². The first-order chi connectivity index (χ1) is 9.04. The van der Waals surface area contributed by atoms with Crippen molar-refractivity contribution in [1.82, 2.24) is 4.90 Å². The van der Waals surface area contributed by atoms with Crippen LogP contribution in [0.25, 0.3) is 0 Å². The van der Waals surface area contributed by atoms with E-state index in [1.54, 1.807) is 12.1 Å². The van der Waals surface area contributed by atoms with Crippen LogP contribution in [0.3, 0.4) is 0 Å². The van der Waals surface area contributed by atoms with Crippen LogP contribution in [0.15, 0.2) is 18.2 Å². The van der Waals surface area contributed by atoms with Crippen molar-refractivity contribution in [3.05, 3.63) is 23.8 Å². The number of nitrogens with two attached hydrogens (primary N) is 1. The number of hydrogen-bond acceptors (Lipinski definition) is 4. The lowest BCUT2D eigenvalue weighted by atomic mass is 9.94. The summed E-state index contributed by atoms with van der Waals surface area (Å²) in [7, 11) is 0. The van der Waals surface area contributed by atoms with E-state index >= 15 is 0 Å². The number of rotatable bonds is 2. The minimum atomic E-state index is 0.128. The van der Waals surface area contributed by atoms with Crippen LogP contribution in [0.2, 0.25) is 0 Å². The molecule has 0 amide bonds. The third kappa shape index (κ3) is 2.30. The van der Waals surface area contributed by atoms with Crippen LogP contribution < -0.4 is 5.73 Å². The third-order valence-electron chi connectivity index (χ3n) is 4.68. The Balaban J connectivity index is 1.86. The number of nitrogens with zero attached hydrogens (tertiary/aromatic N) is 1. The number of phenols is 2. The van der Waals surface area contributed by atoms with Crippen molar-refractivity contribution in [2.75, 3.05) is 0 Å². The van der Waals surface area contributed by atoms with Gasteiger partial charge in [0.1, 0.15) is 11.5 Å². The van der Waals surface area contributed by atoms with E-state index in [0.29, 0.717) is 18.1 Å². The van der Waals surface area contributed by atoms with Gasteiger partial charge in [0, 0.05) is 30.2 Å². The summed E-state index contributed by atoms with van der Waals surface area (Å²) >= 11 is 0. The average molecular weight is 262 g/mol. The fourth-order valence-corrected chi connectivity index (χ4v) is 3.92. The Bertz CT molecular complexity index is 443. The first-order valence-electron chi connectivity index (χ1n) is 7.10. The molecule has 0 aliphatic carbocycles. The van der Waals surface area contributed by atoms with Crippen molar-refractivity contribution in [2.45, 2.75) is 56.8 Å². The SMILES string of the molecule is CC(c1cc(O)cc(O)c1)N1C2CCC1CC(N)C2. The number of benzene rings is 1. The molecule has 4 nitrogen and oxygen atoms in total. The van der Waals surface area contributed by atoms with Gasteiger partial charge in [0.05, 0.1) is 0 Å². The van der Waals surface area contributed by atoms with Crippen molar-refractivity contribution >= 4 is 0 Å². The second-order valence-corrected chi connectivity index (χ2v) is 6.02. The highest BCUT2D eigenvalue weighted by atomic mass is 16.3. The van der Waals surface area contributed by atoms with Gasteiger partial charge in [0.2, 0.25) is 0 Å². The zero-order valence-electron chi connectivity index (χ0n) is 11.3. The number of aromatic hydroxyl groups is 2. The third-order valence-corrected chi connectivity index (χ3v) is 4.68. The molecule has 1 aromatic rings. The van der Waals surface area contributed by atoms with Crippen molar-refractivity contribution in [3.63, 3.8) is 0 Å². The maximum absolute atomic E-state index is 9.63. The minimum Gasteiger partial charge on any atom is -0.508 e. The molecule has 3 rings (SSSR count). The van der Waals surface area contributed by atoms with Gasteiger partial charge in [-0.2, -0.15) is 0 Å². The molecular weight excluding hydrogens is 240 g/mol. The molecule has 2 aliphatic rings. The summed E-state index contributed by atoms with van der Waals surface area (Å²) in [5, 5.41) is 19.3. The standard InChI is InChI=1S/C15H22N2O2/c1-9(10-4-14(18)8-15(19)5-10)17-12-2-3-13(17)7-11(16)6-12/h4-5,8-9,11-13,18-19H,2-3,6-7,16H2,1H3. The molecule has 19 heavy (non-hydrogen) atoms. The summed E-state index contributed by atoms with van der Waals surface area (Å²) in [6.45, 7) is 2.15. The van der Waals surface area contributed by atoms with Crippen LogP contribution >= 0.6 is 0 Å². The highest BCUT2D eigenvalue weighted by Crippen LogP contribution is 2.41. The molecule has 1 aromatic carbocycles. The fourth-order valence-electron chi connectivity index (χ4n) is 3.92. The van der Waals surface area contributed by atoms with Crippen molar-refractivity contribution in [2.24, 2.45) is 5.73 Å². The van der Waals surface area contributed by atoms with Crippen molar-refractivity contribution < 1.29 is 10.2 Å². The van der Waals surface area contributed by atoms with Gasteiger partial charge in [-0.15, -0.1) is 0 Å². The van der Waals surface area contributed by atoms with Gasteiger partial charge < -0.3 is 15.9 Å². The van der Waals surface area contributed by atoms with Gasteiger partial charge in [0.15, 0.2) is 0 Å². The van der Waals surface area contributed by atoms with E-state index in [2.05, 4.69) is 11.8 Å². The van der Waals surface area contributed by atoms with E-state index in [0.717, 1.165) is 18.4 Å². The molecule has 0 aromatic heterocycles. The molecule has 2 aliphatic heterocycles. The van der Waals surface area contributed by atoms with Crippen LogP contribution in [0.5, 0.6) is 11.5 Å². The van der Waals surface area contributed by atoms with E-state index in [1.165, 1.54) is 18.9 Å². The van der Waals surface area contributed by atoms with E-state index in [1.807, 2.05) is 0 Å². The lowest BCUT2D eigenvalue weighted by Crippen LogP contribution is -2.48. The molecule has 0 radical (unpaired) electrons. The Morgan fingerprint density at radius 2 is 1.63 bits per heavy atom. The Morgan fingerprint density at radius 1 is 1.11 bits per heavy atom. The number of fused-ring (bicyclic) bond motifs is 2. The Hall–Kier alpha value is -1.26. The number of phenolic OH excluding ortho intramolecular Hbond substituents is 2. The topological polar surface area (TPSA) is 69.7 Å². The predicted octanol–water partition coefficient (Wildman–Crippen LogP) is 2.11. The van der Waals surface area contributed by atoms with E-state index in [-0.39, 0.29) is 17.5 Å². The molecule has 104 valence electrons. The van der Waals surface area contributed by atoms with Crippen molar-refractivity contribution in [1.29, 1.82) is 0 Å². The van der Waals surface area contributed by atoms with Crippen molar-refractivity contribution in [3.8, 4) is 11.5 Å². The van der Waals surface area contributed by atoms with Crippen LogP contribution in [0, 0.1) is 0 Å². The lowest BCUT2D eigenvalue weighted by Gasteiger charge is -2.41. The normalized spacial score (nSPS) is 32.4. The Kier molecular flexibility index (Phi) is 3.15. The molecule has 0 spiro atoms. The highest BCUT2D eigenvalue weighted by molar-refractivity contribution is 5.38. The minimum absolute atomic E-state index is 0.128. The maximum atomic E-state index is 9.63. The van der Waals surface area contributed by atoms with Gasteiger partial charge in [-0.25, -0.2) is 0 Å². The van der Waals surface area contributed by atoms with Gasteiger partial charge >= 0.3 is 0 Å². The Labute approximate surface area is 113 Å². The van der Waals surface area contributed by atoms with Crippen LogP contribution in [-0.2, 0) is 0 Å². The average Bonchev–Trinajstić information content (AvgIpc) is 2.59. The van der Waals surface area contributed by atoms with Gasteiger partial charge in [-0.3, -0.25) is 4.90 Å². The smallest absolute Gasteiger partial charge is 0.119 e. The van der Waals surface area contributed by atoms with E-state index in [9.17, 15) is 10.2 Å². The molecule has 3 atom stereocenters. The second kappa shape index (κ2) is 4.69. The maximum Gasteiger partial charge on any atom is 0.119 e. The molecule has 4 heteroatoms. The summed E-state index contributed by atoms with van der Waals surface area (Å²) in [6, 6.07) is 6.51. The Morgan fingerprint density at radius 3 is 2.16 bits per heavy atom. The molecule has 2 saturated heterocycles. The largest absolute Gasteiger partial charge is 0.508 e. The molecule has 2 heterocycles. The van der Waals surface area contributed by atoms with Crippen LogP contribution in [0.1, 0.15) is 44.2 Å². The first-order valence-corrected chi connectivity index (χ1v) is 7.10. The second-order valence-electron chi connectivity index (χ2n) is 6.02. The quantitative estimate of drug-likeness (QED) is 0.763. The summed E-state index contributed by atoms with van der Waals surface area (Å²) in [4.78, 5) is 2.53. The first kappa shape index (κ1) is 12.8. The summed E-state index contributed by atoms with van der Waals surface area (Å²) in [6.07, 6.45) is 4.55. The highest BCUT2D eigenvalue weighted by Gasteiger charge is 2.42. The van der Waals surface area contributed by atoms with E-state index in [4.69, 9.17) is 5.73 Å². The van der Waals surface area contributed by atoms with Crippen LogP contribution in [-0.4, -0.2) is 33.2 Å². The van der Waals surface area contributed by atoms with Gasteiger partial charge in [-0.05, 0) is 50.3 Å². The lowest BCUT2D eigenvalue weighted by molar-refractivity contribution is 0.0852. The molecule has 4 N–H and O–H groups in total. The molecular formula is C15H22N2O2. The molecule has 2 fully saturated rings. The number of piperidine rings is 1. The fraction of sp³-hybridized carbons (Fsp3) is 0.600. The molecule has 0 saturated carbocycles. The predicted molar refractivity (Wildman–Crippen MR) is 74.0 cm³/mol. The van der Waals surface area contributed by atoms with Gasteiger partial charge in [-0.1, -0.05) is 0 Å². The zero-order valence-corrected chi connectivity index (χ0v) is 11.3. The van der Waals surface area contributed by atoms with Crippen LogP contribution in [0.4, 0.5) is 0 Å². The summed E-state index contributed by atoms with van der Waals surface area (Å²) < 4.78 is 0. The summed E-state index contributed by atoms with van der Waals surface area (Å²) in [5.74, 6) is 0.255. The zero-order chi connectivity index (χ0) is 13.6. The monoisotopic (exact) mass is 262 g/mol. The summed E-state index contributed by atoms with van der Waals surface area (Å²) in [5.41, 5.74) is 7.07. The molecule has 2 bridgehead atoms.